The lowest BCUT2D eigenvalue weighted by Crippen LogP contribution is -2.09. The van der Waals surface area contributed by atoms with Gasteiger partial charge in [-0.15, -0.1) is 0 Å². The van der Waals surface area contributed by atoms with Gasteiger partial charge in [-0.1, -0.05) is 6.07 Å². The second kappa shape index (κ2) is 5.17. The molecule has 25 heavy (non-hydrogen) atoms. The molecule has 0 saturated heterocycles. The standard InChI is InChI=1S/C17H11F3N4O/c1-9-14-15(25)11-8-10(17(18,19)20)5-6-12(11)22-16(14)24(23-9)13-4-2-3-7-21-13/h2-8H,1H3,(H,22,25). The summed E-state index contributed by atoms with van der Waals surface area (Å²) in [7, 11) is 0. The van der Waals surface area contributed by atoms with Gasteiger partial charge in [-0.05, 0) is 37.3 Å². The number of hydrogen-bond acceptors (Lipinski definition) is 3. The Kier molecular flexibility index (Phi) is 3.18. The van der Waals surface area contributed by atoms with E-state index in [-0.39, 0.29) is 10.8 Å². The Bertz CT molecular complexity index is 1160. The van der Waals surface area contributed by atoms with E-state index in [1.807, 2.05) is 0 Å². The van der Waals surface area contributed by atoms with Crippen molar-refractivity contribution in [3.8, 4) is 5.82 Å². The van der Waals surface area contributed by atoms with Gasteiger partial charge in [-0.25, -0.2) is 4.98 Å². The third kappa shape index (κ3) is 2.37. The fraction of sp³-hybridized carbons (Fsp3) is 0.118. The van der Waals surface area contributed by atoms with E-state index in [0.29, 0.717) is 22.7 Å². The number of halogens is 3. The van der Waals surface area contributed by atoms with E-state index >= 15 is 0 Å². The van der Waals surface area contributed by atoms with E-state index < -0.39 is 17.2 Å². The van der Waals surface area contributed by atoms with Crippen LogP contribution >= 0.6 is 0 Å². The maximum absolute atomic E-state index is 12.9. The van der Waals surface area contributed by atoms with Crippen LogP contribution in [0.1, 0.15) is 11.3 Å². The van der Waals surface area contributed by atoms with Crippen LogP contribution in [0.5, 0.6) is 0 Å². The number of pyridine rings is 2. The van der Waals surface area contributed by atoms with Crippen molar-refractivity contribution in [2.45, 2.75) is 13.1 Å². The molecular weight excluding hydrogens is 333 g/mol. The Morgan fingerprint density at radius 3 is 2.64 bits per heavy atom. The zero-order valence-corrected chi connectivity index (χ0v) is 12.9. The van der Waals surface area contributed by atoms with Gasteiger partial charge < -0.3 is 4.98 Å². The molecule has 3 heterocycles. The average molecular weight is 344 g/mol. The highest BCUT2D eigenvalue weighted by Gasteiger charge is 2.31. The van der Waals surface area contributed by atoms with E-state index in [0.717, 1.165) is 12.1 Å². The Hall–Kier alpha value is -3.16. The Labute approximate surface area is 138 Å². The van der Waals surface area contributed by atoms with E-state index in [9.17, 15) is 18.0 Å². The molecule has 0 spiro atoms. The first-order chi connectivity index (χ1) is 11.9. The number of fused-ring (bicyclic) bond motifs is 2. The molecule has 0 fully saturated rings. The quantitative estimate of drug-likeness (QED) is 0.574. The maximum atomic E-state index is 12.9. The van der Waals surface area contributed by atoms with Crippen molar-refractivity contribution in [3.63, 3.8) is 0 Å². The number of aromatic amines is 1. The van der Waals surface area contributed by atoms with Crippen molar-refractivity contribution in [3.05, 3.63) is 64.1 Å². The van der Waals surface area contributed by atoms with Gasteiger partial charge in [0, 0.05) is 11.6 Å². The summed E-state index contributed by atoms with van der Waals surface area (Å²) in [5.74, 6) is 0.502. The highest BCUT2D eigenvalue weighted by molar-refractivity contribution is 5.93. The molecule has 126 valence electrons. The van der Waals surface area contributed by atoms with Gasteiger partial charge in [-0.2, -0.15) is 23.0 Å². The van der Waals surface area contributed by atoms with Gasteiger partial charge in [-0.3, -0.25) is 4.79 Å². The summed E-state index contributed by atoms with van der Waals surface area (Å²) in [5, 5.41) is 4.54. The number of hydrogen-bond donors (Lipinski definition) is 1. The minimum atomic E-state index is -4.51. The van der Waals surface area contributed by atoms with Crippen LogP contribution in [-0.4, -0.2) is 19.7 Å². The predicted octanol–water partition coefficient (Wildman–Crippen LogP) is 3.59. The largest absolute Gasteiger partial charge is 0.416 e. The minimum absolute atomic E-state index is 0.0222. The molecule has 0 aliphatic heterocycles. The summed E-state index contributed by atoms with van der Waals surface area (Å²) in [6.45, 7) is 1.64. The Morgan fingerprint density at radius 2 is 1.96 bits per heavy atom. The number of alkyl halides is 3. The van der Waals surface area contributed by atoms with Crippen molar-refractivity contribution in [2.24, 2.45) is 0 Å². The number of H-pyrrole nitrogens is 1. The second-order valence-electron chi connectivity index (χ2n) is 5.62. The molecule has 4 aromatic rings. The van der Waals surface area contributed by atoms with Crippen molar-refractivity contribution < 1.29 is 13.2 Å². The molecule has 4 rings (SSSR count). The summed E-state index contributed by atoms with van der Waals surface area (Å²) in [6.07, 6.45) is -2.92. The van der Waals surface area contributed by atoms with Crippen LogP contribution < -0.4 is 5.43 Å². The van der Waals surface area contributed by atoms with Crippen molar-refractivity contribution in [2.75, 3.05) is 0 Å². The highest BCUT2D eigenvalue weighted by Crippen LogP contribution is 2.31. The number of rotatable bonds is 1. The molecule has 3 aromatic heterocycles. The number of aromatic nitrogens is 4. The third-order valence-corrected chi connectivity index (χ3v) is 4.00. The molecule has 1 N–H and O–H groups in total. The van der Waals surface area contributed by atoms with E-state index in [4.69, 9.17) is 0 Å². The zero-order chi connectivity index (χ0) is 17.8. The molecule has 5 nitrogen and oxygen atoms in total. The molecule has 1 aromatic carbocycles. The SMILES string of the molecule is Cc1nn(-c2ccccn2)c2[nH]c3ccc(C(F)(F)F)cc3c(=O)c12. The normalized spacial score (nSPS) is 12.2. The predicted molar refractivity (Wildman–Crippen MR) is 86.7 cm³/mol. The number of nitrogens with zero attached hydrogens (tertiary/aromatic N) is 3. The van der Waals surface area contributed by atoms with Crippen LogP contribution in [0, 0.1) is 6.92 Å². The van der Waals surface area contributed by atoms with Crippen molar-refractivity contribution in [1.82, 2.24) is 19.7 Å². The summed E-state index contributed by atoms with van der Waals surface area (Å²) < 4.78 is 40.3. The zero-order valence-electron chi connectivity index (χ0n) is 12.9. The van der Waals surface area contributed by atoms with E-state index in [1.165, 1.54) is 10.7 Å². The fourth-order valence-electron chi connectivity index (χ4n) is 2.84. The molecule has 0 aliphatic carbocycles. The molecule has 0 aliphatic rings. The van der Waals surface area contributed by atoms with Crippen LogP contribution in [0.3, 0.4) is 0 Å². The van der Waals surface area contributed by atoms with Crippen molar-refractivity contribution >= 4 is 21.9 Å². The summed E-state index contributed by atoms with van der Waals surface area (Å²) >= 11 is 0. The first kappa shape index (κ1) is 15.4. The third-order valence-electron chi connectivity index (χ3n) is 4.00. The molecule has 8 heteroatoms. The van der Waals surface area contributed by atoms with Gasteiger partial charge in [0.05, 0.1) is 22.2 Å². The second-order valence-corrected chi connectivity index (χ2v) is 5.62. The first-order valence-corrected chi connectivity index (χ1v) is 7.40. The molecule has 0 unspecified atom stereocenters. The topological polar surface area (TPSA) is 63.6 Å². The van der Waals surface area contributed by atoms with E-state index in [2.05, 4.69) is 15.1 Å². The molecule has 0 bridgehead atoms. The van der Waals surface area contributed by atoms with Gasteiger partial charge in [0.25, 0.3) is 0 Å². The lowest BCUT2D eigenvalue weighted by atomic mass is 10.1. The number of aryl methyl sites for hydroxylation is 1. The smallest absolute Gasteiger partial charge is 0.339 e. The fourth-order valence-corrected chi connectivity index (χ4v) is 2.84. The van der Waals surface area contributed by atoms with Crippen LogP contribution in [0.2, 0.25) is 0 Å². The summed E-state index contributed by atoms with van der Waals surface area (Å²) in [6, 6.07) is 8.31. The number of nitrogens with one attached hydrogen (secondary N) is 1. The molecule has 0 amide bonds. The van der Waals surface area contributed by atoms with Crippen LogP contribution in [0.15, 0.2) is 47.4 Å². The monoisotopic (exact) mass is 344 g/mol. The lowest BCUT2D eigenvalue weighted by molar-refractivity contribution is -0.137. The molecule has 0 saturated carbocycles. The first-order valence-electron chi connectivity index (χ1n) is 7.40. The molecule has 0 radical (unpaired) electrons. The average Bonchev–Trinajstić information content (AvgIpc) is 2.91. The molecule has 0 atom stereocenters. The van der Waals surface area contributed by atoms with E-state index in [1.54, 1.807) is 31.3 Å². The number of benzene rings is 1. The van der Waals surface area contributed by atoms with Gasteiger partial charge >= 0.3 is 6.18 Å². The minimum Gasteiger partial charge on any atom is -0.339 e. The van der Waals surface area contributed by atoms with Gasteiger partial charge in [0.15, 0.2) is 5.82 Å². The van der Waals surface area contributed by atoms with Crippen LogP contribution in [0.4, 0.5) is 13.2 Å². The lowest BCUT2D eigenvalue weighted by Gasteiger charge is -2.08. The van der Waals surface area contributed by atoms with Gasteiger partial charge in [0.1, 0.15) is 5.65 Å². The highest BCUT2D eigenvalue weighted by atomic mass is 19.4. The Morgan fingerprint density at radius 1 is 1.16 bits per heavy atom. The molecular formula is C17H11F3N4O. The van der Waals surface area contributed by atoms with Crippen LogP contribution in [-0.2, 0) is 6.18 Å². The summed E-state index contributed by atoms with van der Waals surface area (Å²) in [5.41, 5.74) is -0.230. The van der Waals surface area contributed by atoms with Gasteiger partial charge in [0.2, 0.25) is 5.43 Å². The van der Waals surface area contributed by atoms with Crippen LogP contribution in [0.25, 0.3) is 27.8 Å². The Balaban J connectivity index is 2.08. The summed E-state index contributed by atoms with van der Waals surface area (Å²) in [4.78, 5) is 20.0. The van der Waals surface area contributed by atoms with Crippen molar-refractivity contribution in [1.29, 1.82) is 0 Å². The maximum Gasteiger partial charge on any atom is 0.416 e.